The van der Waals surface area contributed by atoms with E-state index in [0.717, 1.165) is 29.0 Å². The summed E-state index contributed by atoms with van der Waals surface area (Å²) in [5.41, 5.74) is 2.13. The summed E-state index contributed by atoms with van der Waals surface area (Å²) in [4.78, 5) is 4.71. The fourth-order valence-corrected chi connectivity index (χ4v) is 4.25. The van der Waals surface area contributed by atoms with Crippen LogP contribution in [0.4, 0.5) is 0 Å². The molecule has 0 bridgehead atoms. The third-order valence-corrected chi connectivity index (χ3v) is 5.28. The summed E-state index contributed by atoms with van der Waals surface area (Å²) < 4.78 is 14.1. The maximum Gasteiger partial charge on any atom is 0.127 e. The quantitative estimate of drug-likeness (QED) is 0.909. The van der Waals surface area contributed by atoms with E-state index < -0.39 is 10.8 Å². The van der Waals surface area contributed by atoms with Gasteiger partial charge in [0.05, 0.1) is 17.1 Å². The van der Waals surface area contributed by atoms with Crippen molar-refractivity contribution in [3.05, 3.63) is 30.1 Å². The van der Waals surface area contributed by atoms with Crippen LogP contribution in [0.1, 0.15) is 25.2 Å². The Morgan fingerprint density at radius 1 is 1.42 bits per heavy atom. The Hall–Kier alpha value is -1.20. The van der Waals surface area contributed by atoms with Gasteiger partial charge in [0.2, 0.25) is 0 Å². The van der Waals surface area contributed by atoms with E-state index in [1.807, 2.05) is 25.2 Å². The number of hydrogen-bond acceptors (Lipinski definition) is 3. The molecule has 0 amide bonds. The molecular weight excluding hydrogens is 258 g/mol. The summed E-state index contributed by atoms with van der Waals surface area (Å²) in [6.07, 6.45) is 1.01. The third-order valence-electron chi connectivity index (χ3n) is 3.80. The molecule has 3 atom stereocenters. The van der Waals surface area contributed by atoms with Gasteiger partial charge in [0.15, 0.2) is 0 Å². The van der Waals surface area contributed by atoms with Crippen LogP contribution in [0.3, 0.4) is 0 Å². The highest BCUT2D eigenvalue weighted by molar-refractivity contribution is 7.85. The lowest BCUT2D eigenvalue weighted by Gasteiger charge is -2.29. The van der Waals surface area contributed by atoms with Gasteiger partial charge in [0, 0.05) is 35.4 Å². The van der Waals surface area contributed by atoms with Gasteiger partial charge in [-0.2, -0.15) is 0 Å². The lowest BCUT2D eigenvalue weighted by atomic mass is 10.2. The van der Waals surface area contributed by atoms with E-state index in [4.69, 9.17) is 4.98 Å². The van der Waals surface area contributed by atoms with Crippen molar-refractivity contribution in [3.8, 4) is 0 Å². The Balaban J connectivity index is 1.99. The van der Waals surface area contributed by atoms with Crippen LogP contribution in [-0.2, 0) is 17.8 Å². The fraction of sp³-hybridized carbons (Fsp3) is 0.500. The van der Waals surface area contributed by atoms with Gasteiger partial charge in [-0.15, -0.1) is 0 Å². The number of nitrogens with zero attached hydrogens (tertiary/aromatic N) is 2. The van der Waals surface area contributed by atoms with Crippen molar-refractivity contribution in [3.63, 3.8) is 0 Å². The normalized spacial score (nSPS) is 27.8. The van der Waals surface area contributed by atoms with Crippen molar-refractivity contribution >= 4 is 21.8 Å². The van der Waals surface area contributed by atoms with Crippen LogP contribution >= 0.6 is 0 Å². The van der Waals surface area contributed by atoms with Crippen LogP contribution in [-0.4, -0.2) is 31.3 Å². The van der Waals surface area contributed by atoms with Gasteiger partial charge in [-0.05, 0) is 18.6 Å². The summed E-state index contributed by atoms with van der Waals surface area (Å²) in [6, 6.07) is 8.55. The monoisotopic (exact) mass is 277 g/mol. The Bertz CT molecular complexity index is 622. The average Bonchev–Trinajstić information content (AvgIpc) is 2.76. The van der Waals surface area contributed by atoms with Crippen LogP contribution in [0, 0.1) is 0 Å². The zero-order valence-corrected chi connectivity index (χ0v) is 12.1. The fourth-order valence-electron chi connectivity index (χ4n) is 2.72. The number of nitrogens with one attached hydrogen (secondary N) is 1. The largest absolute Gasteiger partial charge is 0.330 e. The van der Waals surface area contributed by atoms with Gasteiger partial charge < -0.3 is 9.88 Å². The summed E-state index contributed by atoms with van der Waals surface area (Å²) in [5, 5.41) is 3.58. The maximum absolute atomic E-state index is 12.0. The molecule has 1 aliphatic rings. The first-order valence-corrected chi connectivity index (χ1v) is 8.20. The summed E-state index contributed by atoms with van der Waals surface area (Å²) in [7, 11) is 1.29. The SMILES string of the molecule is CCC1CS(=O)CC(c2nc3ccccc3n2C)N1. The number of rotatable bonds is 2. The van der Waals surface area contributed by atoms with E-state index in [2.05, 4.69) is 22.9 Å². The van der Waals surface area contributed by atoms with Crippen LogP contribution in [0.25, 0.3) is 11.0 Å². The van der Waals surface area contributed by atoms with Gasteiger partial charge in [0.1, 0.15) is 5.82 Å². The van der Waals surface area contributed by atoms with Crippen molar-refractivity contribution in [2.24, 2.45) is 7.05 Å². The van der Waals surface area contributed by atoms with E-state index in [9.17, 15) is 4.21 Å². The highest BCUT2D eigenvalue weighted by atomic mass is 32.2. The minimum absolute atomic E-state index is 0.0944. The van der Waals surface area contributed by atoms with Crippen molar-refractivity contribution in [2.75, 3.05) is 11.5 Å². The first-order chi connectivity index (χ1) is 9.19. The zero-order chi connectivity index (χ0) is 13.4. The zero-order valence-electron chi connectivity index (χ0n) is 11.3. The van der Waals surface area contributed by atoms with Gasteiger partial charge in [0.25, 0.3) is 0 Å². The predicted octanol–water partition coefficient (Wildman–Crippen LogP) is 1.74. The molecule has 5 heteroatoms. The Kier molecular flexibility index (Phi) is 3.41. The van der Waals surface area contributed by atoms with Crippen LogP contribution < -0.4 is 5.32 Å². The minimum Gasteiger partial charge on any atom is -0.330 e. The molecule has 0 radical (unpaired) electrons. The number of aryl methyl sites for hydroxylation is 1. The number of fused-ring (bicyclic) bond motifs is 1. The van der Waals surface area contributed by atoms with Crippen molar-refractivity contribution < 1.29 is 4.21 Å². The molecule has 1 fully saturated rings. The number of para-hydroxylation sites is 2. The lowest BCUT2D eigenvalue weighted by molar-refractivity contribution is 0.436. The Labute approximate surface area is 115 Å². The second-order valence-electron chi connectivity index (χ2n) is 5.12. The molecule has 2 aromatic rings. The molecule has 1 saturated heterocycles. The Morgan fingerprint density at radius 2 is 2.21 bits per heavy atom. The van der Waals surface area contributed by atoms with E-state index >= 15 is 0 Å². The van der Waals surface area contributed by atoms with Crippen LogP contribution in [0.2, 0.25) is 0 Å². The molecule has 1 aromatic carbocycles. The standard InChI is InChI=1S/C14H19N3OS/c1-3-10-8-19(18)9-12(15-10)14-16-11-6-4-5-7-13(11)17(14)2/h4-7,10,12,15H,3,8-9H2,1-2H3. The molecule has 1 N–H and O–H groups in total. The first-order valence-electron chi connectivity index (χ1n) is 6.71. The molecule has 0 aliphatic carbocycles. The van der Waals surface area contributed by atoms with E-state index in [1.54, 1.807) is 0 Å². The topological polar surface area (TPSA) is 46.9 Å². The molecule has 3 unspecified atom stereocenters. The molecule has 1 aromatic heterocycles. The first kappa shape index (κ1) is 12.8. The van der Waals surface area contributed by atoms with E-state index in [1.165, 1.54) is 0 Å². The molecule has 3 rings (SSSR count). The second-order valence-corrected chi connectivity index (χ2v) is 6.66. The smallest absolute Gasteiger partial charge is 0.127 e. The van der Waals surface area contributed by atoms with Gasteiger partial charge in [-0.1, -0.05) is 19.1 Å². The molecule has 0 saturated carbocycles. The van der Waals surface area contributed by atoms with E-state index in [-0.39, 0.29) is 6.04 Å². The minimum atomic E-state index is -0.746. The average molecular weight is 277 g/mol. The van der Waals surface area contributed by atoms with Gasteiger partial charge in [-0.3, -0.25) is 4.21 Å². The second kappa shape index (κ2) is 5.06. The summed E-state index contributed by atoms with van der Waals surface area (Å²) in [5.74, 6) is 2.41. The maximum atomic E-state index is 12.0. The van der Waals surface area contributed by atoms with Crippen LogP contribution in [0.5, 0.6) is 0 Å². The number of hydrogen-bond donors (Lipinski definition) is 1. The molecule has 2 heterocycles. The van der Waals surface area contributed by atoms with Crippen LogP contribution in [0.15, 0.2) is 24.3 Å². The summed E-state index contributed by atoms with van der Waals surface area (Å²) in [6.45, 7) is 2.13. The highest BCUT2D eigenvalue weighted by Crippen LogP contribution is 2.23. The van der Waals surface area contributed by atoms with Crippen molar-refractivity contribution in [1.82, 2.24) is 14.9 Å². The van der Waals surface area contributed by atoms with Crippen molar-refractivity contribution in [1.29, 1.82) is 0 Å². The summed E-state index contributed by atoms with van der Waals surface area (Å²) >= 11 is 0. The Morgan fingerprint density at radius 3 is 2.95 bits per heavy atom. The highest BCUT2D eigenvalue weighted by Gasteiger charge is 2.28. The predicted molar refractivity (Wildman–Crippen MR) is 78.5 cm³/mol. The third kappa shape index (κ3) is 2.32. The van der Waals surface area contributed by atoms with Crippen molar-refractivity contribution in [2.45, 2.75) is 25.4 Å². The number of aromatic nitrogens is 2. The molecule has 19 heavy (non-hydrogen) atoms. The molecule has 102 valence electrons. The lowest BCUT2D eigenvalue weighted by Crippen LogP contribution is -2.45. The molecular formula is C14H19N3OS. The number of imidazole rings is 1. The molecule has 0 spiro atoms. The molecule has 4 nitrogen and oxygen atoms in total. The number of benzene rings is 1. The van der Waals surface area contributed by atoms with Gasteiger partial charge in [-0.25, -0.2) is 4.98 Å². The van der Waals surface area contributed by atoms with Gasteiger partial charge >= 0.3 is 0 Å². The molecule has 1 aliphatic heterocycles. The van der Waals surface area contributed by atoms with E-state index in [0.29, 0.717) is 11.8 Å².